The SMILES string of the molecule is Cc1ccc(O)cc1Nc1ccnc2c1C(=O)Cc1cc(CCCCN(C)C)ccc1N2. The number of aromatic hydroxyl groups is 1. The van der Waals surface area contributed by atoms with Crippen molar-refractivity contribution < 1.29 is 9.90 Å². The number of phenols is 1. The van der Waals surface area contributed by atoms with Gasteiger partial charge in [-0.15, -0.1) is 0 Å². The van der Waals surface area contributed by atoms with E-state index in [0.29, 0.717) is 23.5 Å². The minimum absolute atomic E-state index is 0.0180. The van der Waals surface area contributed by atoms with Crippen molar-refractivity contribution in [3.05, 3.63) is 70.9 Å². The van der Waals surface area contributed by atoms with E-state index in [1.165, 1.54) is 5.56 Å². The zero-order valence-electron chi connectivity index (χ0n) is 18.9. The zero-order valence-corrected chi connectivity index (χ0v) is 18.9. The number of nitrogens with zero attached hydrogens (tertiary/aromatic N) is 2. The number of pyridine rings is 1. The highest BCUT2D eigenvalue weighted by atomic mass is 16.3. The Labute approximate surface area is 189 Å². The molecule has 32 heavy (non-hydrogen) atoms. The van der Waals surface area contributed by atoms with E-state index in [1.807, 2.05) is 13.0 Å². The number of fused-ring (bicyclic) bond motifs is 2. The average molecular weight is 431 g/mol. The molecule has 1 aromatic heterocycles. The lowest BCUT2D eigenvalue weighted by Gasteiger charge is -2.15. The fourth-order valence-corrected chi connectivity index (χ4v) is 4.05. The molecular weight excluding hydrogens is 400 g/mol. The van der Waals surface area contributed by atoms with Crippen molar-refractivity contribution in [2.45, 2.75) is 32.6 Å². The molecule has 0 spiro atoms. The Balaban J connectivity index is 1.57. The molecule has 4 rings (SSSR count). The van der Waals surface area contributed by atoms with Crippen molar-refractivity contribution in [1.82, 2.24) is 9.88 Å². The predicted octanol–water partition coefficient (Wildman–Crippen LogP) is 5.21. The lowest BCUT2D eigenvalue weighted by molar-refractivity contribution is 0.0995. The number of carbonyl (C=O) groups is 1. The Morgan fingerprint density at radius 2 is 1.94 bits per heavy atom. The first-order chi connectivity index (χ1) is 15.4. The summed E-state index contributed by atoms with van der Waals surface area (Å²) in [5.74, 6) is 0.743. The highest BCUT2D eigenvalue weighted by Crippen LogP contribution is 2.35. The monoisotopic (exact) mass is 430 g/mol. The lowest BCUT2D eigenvalue weighted by Crippen LogP contribution is -2.12. The maximum Gasteiger partial charge on any atom is 0.173 e. The molecule has 1 aliphatic rings. The van der Waals surface area contributed by atoms with E-state index in [4.69, 9.17) is 0 Å². The second kappa shape index (κ2) is 9.40. The van der Waals surface area contributed by atoms with Crippen LogP contribution in [0, 0.1) is 6.92 Å². The molecule has 0 bridgehead atoms. The first kappa shape index (κ1) is 21.8. The number of unbranched alkanes of at least 4 members (excludes halogenated alkanes) is 1. The topological polar surface area (TPSA) is 77.5 Å². The van der Waals surface area contributed by atoms with Crippen LogP contribution >= 0.6 is 0 Å². The van der Waals surface area contributed by atoms with Crippen molar-refractivity contribution >= 4 is 28.7 Å². The molecule has 1 aliphatic heterocycles. The van der Waals surface area contributed by atoms with E-state index in [9.17, 15) is 9.90 Å². The number of nitrogens with one attached hydrogen (secondary N) is 2. The van der Waals surface area contributed by atoms with Gasteiger partial charge in [-0.3, -0.25) is 4.79 Å². The van der Waals surface area contributed by atoms with Gasteiger partial charge < -0.3 is 20.6 Å². The Kier molecular flexibility index (Phi) is 6.42. The van der Waals surface area contributed by atoms with Crippen molar-refractivity contribution in [2.75, 3.05) is 31.3 Å². The van der Waals surface area contributed by atoms with Crippen LogP contribution in [0.25, 0.3) is 0 Å². The van der Waals surface area contributed by atoms with Crippen LogP contribution in [0.5, 0.6) is 5.75 Å². The van der Waals surface area contributed by atoms with Gasteiger partial charge in [-0.25, -0.2) is 4.98 Å². The maximum absolute atomic E-state index is 13.3. The van der Waals surface area contributed by atoms with Crippen LogP contribution in [0.4, 0.5) is 22.9 Å². The normalized spacial score (nSPS) is 12.7. The van der Waals surface area contributed by atoms with E-state index in [-0.39, 0.29) is 11.5 Å². The van der Waals surface area contributed by atoms with Crippen LogP contribution in [0.1, 0.15) is 39.9 Å². The van der Waals surface area contributed by atoms with Gasteiger partial charge in [-0.2, -0.15) is 0 Å². The van der Waals surface area contributed by atoms with Crippen molar-refractivity contribution in [3.63, 3.8) is 0 Å². The molecule has 0 radical (unpaired) electrons. The minimum atomic E-state index is 0.0180. The second-order valence-electron chi connectivity index (χ2n) is 8.68. The van der Waals surface area contributed by atoms with E-state index < -0.39 is 0 Å². The first-order valence-electron chi connectivity index (χ1n) is 11.0. The number of aryl methyl sites for hydroxylation is 2. The summed E-state index contributed by atoms with van der Waals surface area (Å²) in [6.45, 7) is 3.04. The third kappa shape index (κ3) is 4.92. The minimum Gasteiger partial charge on any atom is -0.508 e. The van der Waals surface area contributed by atoms with Crippen LogP contribution in [0.2, 0.25) is 0 Å². The summed E-state index contributed by atoms with van der Waals surface area (Å²) in [4.78, 5) is 19.9. The number of phenolic OH excluding ortho intramolecular Hbond substituents is 1. The second-order valence-corrected chi connectivity index (χ2v) is 8.68. The van der Waals surface area contributed by atoms with Gasteiger partial charge in [-0.05, 0) is 81.7 Å². The fourth-order valence-electron chi connectivity index (χ4n) is 4.05. The van der Waals surface area contributed by atoms with Gasteiger partial charge >= 0.3 is 0 Å². The number of hydrogen-bond acceptors (Lipinski definition) is 6. The maximum atomic E-state index is 13.3. The quantitative estimate of drug-likeness (QED) is 0.447. The van der Waals surface area contributed by atoms with Crippen LogP contribution in [0.15, 0.2) is 48.7 Å². The molecule has 0 unspecified atom stereocenters. The number of hydrogen-bond donors (Lipinski definition) is 3. The summed E-state index contributed by atoms with van der Waals surface area (Å²) in [5.41, 5.74) is 6.13. The van der Waals surface area contributed by atoms with Crippen molar-refractivity contribution in [3.8, 4) is 5.75 Å². The first-order valence-corrected chi connectivity index (χ1v) is 11.0. The lowest BCUT2D eigenvalue weighted by atomic mass is 9.99. The molecule has 3 aromatic rings. The van der Waals surface area contributed by atoms with Gasteiger partial charge in [0.2, 0.25) is 0 Å². The van der Waals surface area contributed by atoms with E-state index in [0.717, 1.165) is 48.3 Å². The number of rotatable bonds is 7. The van der Waals surface area contributed by atoms with Crippen molar-refractivity contribution in [1.29, 1.82) is 0 Å². The summed E-state index contributed by atoms with van der Waals surface area (Å²) < 4.78 is 0. The Hall–Kier alpha value is -3.38. The summed E-state index contributed by atoms with van der Waals surface area (Å²) >= 11 is 0. The number of Topliss-reactive ketones (excluding diaryl/α,β-unsaturated/α-hetero) is 1. The van der Waals surface area contributed by atoms with Gasteiger partial charge in [0, 0.05) is 30.1 Å². The number of carbonyl (C=O) groups excluding carboxylic acids is 1. The highest BCUT2D eigenvalue weighted by molar-refractivity contribution is 6.09. The van der Waals surface area contributed by atoms with Gasteiger partial charge in [0.1, 0.15) is 11.6 Å². The third-order valence-electron chi connectivity index (χ3n) is 5.81. The molecule has 6 heteroatoms. The van der Waals surface area contributed by atoms with Gasteiger partial charge in [0.15, 0.2) is 5.78 Å². The molecule has 166 valence electrons. The molecule has 0 saturated carbocycles. The Morgan fingerprint density at radius 3 is 2.75 bits per heavy atom. The highest BCUT2D eigenvalue weighted by Gasteiger charge is 2.24. The summed E-state index contributed by atoms with van der Waals surface area (Å²) in [5, 5.41) is 16.5. The summed E-state index contributed by atoms with van der Waals surface area (Å²) in [7, 11) is 4.19. The molecular formula is C26H30N4O2. The third-order valence-corrected chi connectivity index (χ3v) is 5.81. The number of ketones is 1. The van der Waals surface area contributed by atoms with E-state index in [2.05, 4.69) is 52.8 Å². The summed E-state index contributed by atoms with van der Waals surface area (Å²) in [6, 6.07) is 13.3. The zero-order chi connectivity index (χ0) is 22.7. The number of benzene rings is 2. The standard InChI is InChI=1S/C26H30N4O2/c1-17-7-9-20(31)16-23(17)28-22-11-12-27-26-25(22)24(32)15-19-14-18(8-10-21(19)29-26)6-4-5-13-30(2)3/h7-12,14,16,31H,4-6,13,15H2,1-3H3,(H2,27,28,29). The Bertz CT molecular complexity index is 1140. The van der Waals surface area contributed by atoms with E-state index in [1.54, 1.807) is 24.4 Å². The fraction of sp³-hybridized carbons (Fsp3) is 0.308. The molecule has 3 N–H and O–H groups in total. The molecule has 0 aliphatic carbocycles. The molecule has 0 saturated heterocycles. The molecule has 0 fully saturated rings. The largest absolute Gasteiger partial charge is 0.508 e. The van der Waals surface area contributed by atoms with Crippen molar-refractivity contribution in [2.24, 2.45) is 0 Å². The van der Waals surface area contributed by atoms with E-state index >= 15 is 0 Å². The predicted molar refractivity (Wildman–Crippen MR) is 130 cm³/mol. The number of aromatic nitrogens is 1. The molecule has 2 aromatic carbocycles. The van der Waals surface area contributed by atoms with Gasteiger partial charge in [-0.1, -0.05) is 18.2 Å². The molecule has 2 heterocycles. The smallest absolute Gasteiger partial charge is 0.173 e. The average Bonchev–Trinajstić information content (AvgIpc) is 2.89. The van der Waals surface area contributed by atoms with Crippen LogP contribution in [-0.4, -0.2) is 41.4 Å². The number of anilines is 4. The van der Waals surface area contributed by atoms with Crippen LogP contribution in [-0.2, 0) is 12.8 Å². The molecule has 6 nitrogen and oxygen atoms in total. The van der Waals surface area contributed by atoms with Gasteiger partial charge in [0.05, 0.1) is 11.3 Å². The summed E-state index contributed by atoms with van der Waals surface area (Å²) in [6.07, 6.45) is 5.28. The van der Waals surface area contributed by atoms with Crippen LogP contribution in [0.3, 0.4) is 0 Å². The molecule has 0 atom stereocenters. The Morgan fingerprint density at radius 1 is 1.09 bits per heavy atom. The van der Waals surface area contributed by atoms with Crippen LogP contribution < -0.4 is 10.6 Å². The molecule has 0 amide bonds. The van der Waals surface area contributed by atoms with Gasteiger partial charge in [0.25, 0.3) is 0 Å².